The Labute approximate surface area is 168 Å². The Bertz CT molecular complexity index is 897. The molecule has 8 heteroatoms. The highest BCUT2D eigenvalue weighted by molar-refractivity contribution is 14.1. The molecule has 1 saturated heterocycles. The van der Waals surface area contributed by atoms with Gasteiger partial charge in [-0.1, -0.05) is 23.7 Å². The van der Waals surface area contributed by atoms with Crippen LogP contribution in [0.3, 0.4) is 0 Å². The van der Waals surface area contributed by atoms with Gasteiger partial charge in [0.2, 0.25) is 0 Å². The van der Waals surface area contributed by atoms with Crippen LogP contribution in [0.4, 0.5) is 4.79 Å². The number of methoxy groups -OCH3 is 1. The third-order valence-corrected chi connectivity index (χ3v) is 4.63. The number of imide groups is 1. The molecule has 1 aliphatic rings. The highest BCUT2D eigenvalue weighted by Gasteiger charge is 2.23. The number of urea groups is 1. The quantitative estimate of drug-likeness (QED) is 0.385. The van der Waals surface area contributed by atoms with E-state index in [1.165, 1.54) is 0 Å². The number of hydrogen-bond donors (Lipinski definition) is 2. The van der Waals surface area contributed by atoms with Crippen LogP contribution in [0.25, 0.3) is 6.08 Å². The van der Waals surface area contributed by atoms with Crippen LogP contribution >= 0.6 is 34.2 Å². The summed E-state index contributed by atoms with van der Waals surface area (Å²) in [7, 11) is 1.54. The van der Waals surface area contributed by atoms with Gasteiger partial charge in [0.1, 0.15) is 12.3 Å². The molecule has 26 heavy (non-hydrogen) atoms. The number of benzene rings is 2. The van der Waals surface area contributed by atoms with Crippen LogP contribution in [0.2, 0.25) is 5.02 Å². The Kier molecular flexibility index (Phi) is 5.67. The molecule has 2 aromatic carbocycles. The SMILES string of the molecule is COc1cc(C=C2NC(=O)NC2=O)cc(I)c1OCc1ccc(Cl)cc1. The monoisotopic (exact) mass is 484 g/mol. The summed E-state index contributed by atoms with van der Waals surface area (Å²) in [6.45, 7) is 0.364. The average molecular weight is 485 g/mol. The van der Waals surface area contributed by atoms with E-state index in [-0.39, 0.29) is 5.70 Å². The number of halogens is 2. The second-order valence-electron chi connectivity index (χ2n) is 5.42. The topological polar surface area (TPSA) is 76.7 Å². The number of ether oxygens (including phenoxy) is 2. The zero-order valence-corrected chi connectivity index (χ0v) is 16.6. The Morgan fingerprint density at radius 1 is 1.15 bits per heavy atom. The molecule has 0 unspecified atom stereocenters. The van der Waals surface area contributed by atoms with E-state index in [1.807, 2.05) is 18.2 Å². The zero-order valence-electron chi connectivity index (χ0n) is 13.6. The van der Waals surface area contributed by atoms with E-state index < -0.39 is 11.9 Å². The predicted octanol–water partition coefficient (Wildman–Crippen LogP) is 3.71. The van der Waals surface area contributed by atoms with Crippen molar-refractivity contribution in [3.63, 3.8) is 0 Å². The molecule has 3 rings (SSSR count). The molecular formula is C18H14ClIN2O4. The lowest BCUT2D eigenvalue weighted by Gasteiger charge is -2.14. The molecule has 0 radical (unpaired) electrons. The lowest BCUT2D eigenvalue weighted by molar-refractivity contribution is -0.115. The Morgan fingerprint density at radius 3 is 2.50 bits per heavy atom. The van der Waals surface area contributed by atoms with Crippen molar-refractivity contribution in [3.8, 4) is 11.5 Å². The molecule has 0 aromatic heterocycles. The van der Waals surface area contributed by atoms with E-state index in [2.05, 4.69) is 33.2 Å². The molecule has 0 saturated carbocycles. The Morgan fingerprint density at radius 2 is 1.88 bits per heavy atom. The molecule has 0 atom stereocenters. The van der Waals surface area contributed by atoms with Crippen molar-refractivity contribution in [2.45, 2.75) is 6.61 Å². The summed E-state index contributed by atoms with van der Waals surface area (Å²) in [5.74, 6) is 0.666. The van der Waals surface area contributed by atoms with Gasteiger partial charge in [-0.05, 0) is 64.1 Å². The summed E-state index contributed by atoms with van der Waals surface area (Å²) >= 11 is 8.02. The van der Waals surface area contributed by atoms with Crippen molar-refractivity contribution in [1.29, 1.82) is 0 Å². The van der Waals surface area contributed by atoms with Crippen molar-refractivity contribution in [2.24, 2.45) is 0 Å². The number of amides is 3. The fraction of sp³-hybridized carbons (Fsp3) is 0.111. The molecular weight excluding hydrogens is 471 g/mol. The fourth-order valence-electron chi connectivity index (χ4n) is 2.35. The van der Waals surface area contributed by atoms with Gasteiger partial charge in [-0.2, -0.15) is 0 Å². The Balaban J connectivity index is 1.83. The van der Waals surface area contributed by atoms with Crippen LogP contribution in [0.1, 0.15) is 11.1 Å². The third-order valence-electron chi connectivity index (χ3n) is 3.58. The molecule has 2 N–H and O–H groups in total. The van der Waals surface area contributed by atoms with Crippen LogP contribution in [0.15, 0.2) is 42.1 Å². The highest BCUT2D eigenvalue weighted by Crippen LogP contribution is 2.35. The van der Waals surface area contributed by atoms with Crippen molar-refractivity contribution in [3.05, 3.63) is 61.8 Å². The maximum Gasteiger partial charge on any atom is 0.326 e. The van der Waals surface area contributed by atoms with Gasteiger partial charge in [0.25, 0.3) is 5.91 Å². The van der Waals surface area contributed by atoms with Crippen molar-refractivity contribution in [2.75, 3.05) is 7.11 Å². The van der Waals surface area contributed by atoms with Crippen molar-refractivity contribution < 1.29 is 19.1 Å². The zero-order chi connectivity index (χ0) is 18.7. The van der Waals surface area contributed by atoms with E-state index >= 15 is 0 Å². The molecule has 2 aromatic rings. The molecule has 1 fully saturated rings. The summed E-state index contributed by atoms with van der Waals surface area (Å²) in [6.07, 6.45) is 1.58. The van der Waals surface area contributed by atoms with Crippen LogP contribution in [0.5, 0.6) is 11.5 Å². The van der Waals surface area contributed by atoms with E-state index in [9.17, 15) is 9.59 Å². The summed E-state index contributed by atoms with van der Waals surface area (Å²) in [4.78, 5) is 22.8. The molecule has 134 valence electrons. The normalized spacial score (nSPS) is 15.0. The van der Waals surface area contributed by atoms with Gasteiger partial charge in [-0.25, -0.2) is 4.79 Å². The molecule has 0 spiro atoms. The minimum absolute atomic E-state index is 0.183. The van der Waals surface area contributed by atoms with Gasteiger partial charge < -0.3 is 14.8 Å². The van der Waals surface area contributed by atoms with E-state index in [0.29, 0.717) is 28.7 Å². The number of carbonyl (C=O) groups excluding carboxylic acids is 2. The molecule has 1 aliphatic heterocycles. The molecule has 0 bridgehead atoms. The van der Waals surface area contributed by atoms with Gasteiger partial charge in [0, 0.05) is 5.02 Å². The smallest absolute Gasteiger partial charge is 0.326 e. The maximum atomic E-state index is 11.6. The summed E-state index contributed by atoms with van der Waals surface area (Å²) in [5.41, 5.74) is 1.86. The highest BCUT2D eigenvalue weighted by atomic mass is 127. The first-order chi connectivity index (χ1) is 12.5. The molecule has 3 amide bonds. The molecule has 0 aliphatic carbocycles. The van der Waals surface area contributed by atoms with Gasteiger partial charge in [0.15, 0.2) is 11.5 Å². The van der Waals surface area contributed by atoms with E-state index in [0.717, 1.165) is 9.13 Å². The number of carbonyl (C=O) groups is 2. The van der Waals surface area contributed by atoms with Gasteiger partial charge in [-0.3, -0.25) is 10.1 Å². The average Bonchev–Trinajstić information content (AvgIpc) is 2.92. The van der Waals surface area contributed by atoms with E-state index in [4.69, 9.17) is 21.1 Å². The lowest BCUT2D eigenvalue weighted by Crippen LogP contribution is -2.22. The first kappa shape index (κ1) is 18.5. The lowest BCUT2D eigenvalue weighted by atomic mass is 10.1. The van der Waals surface area contributed by atoms with Crippen LogP contribution in [0, 0.1) is 3.57 Å². The van der Waals surface area contributed by atoms with Crippen LogP contribution in [-0.4, -0.2) is 19.0 Å². The predicted molar refractivity (Wildman–Crippen MR) is 106 cm³/mol. The largest absolute Gasteiger partial charge is 0.493 e. The van der Waals surface area contributed by atoms with Crippen LogP contribution in [-0.2, 0) is 11.4 Å². The second-order valence-corrected chi connectivity index (χ2v) is 7.01. The van der Waals surface area contributed by atoms with Crippen LogP contribution < -0.4 is 20.1 Å². The fourth-order valence-corrected chi connectivity index (χ4v) is 3.26. The first-order valence-electron chi connectivity index (χ1n) is 7.55. The number of nitrogens with one attached hydrogen (secondary N) is 2. The summed E-state index contributed by atoms with van der Waals surface area (Å²) in [6, 6.07) is 10.4. The summed E-state index contributed by atoms with van der Waals surface area (Å²) in [5, 5.41) is 5.28. The van der Waals surface area contributed by atoms with Gasteiger partial charge >= 0.3 is 6.03 Å². The first-order valence-corrected chi connectivity index (χ1v) is 9.01. The molecule has 6 nitrogen and oxygen atoms in total. The van der Waals surface area contributed by atoms with Crippen molar-refractivity contribution >= 4 is 52.2 Å². The second kappa shape index (κ2) is 7.96. The maximum absolute atomic E-state index is 11.6. The minimum atomic E-state index is -0.536. The standard InChI is InChI=1S/C18H14ClIN2O4/c1-25-15-8-11(7-14-17(23)22-18(24)21-14)6-13(20)16(15)26-9-10-2-4-12(19)5-3-10/h2-8H,9H2,1H3,(H2,21,22,23,24). The van der Waals surface area contributed by atoms with Crippen molar-refractivity contribution in [1.82, 2.24) is 10.6 Å². The van der Waals surface area contributed by atoms with Gasteiger partial charge in [-0.15, -0.1) is 0 Å². The number of rotatable bonds is 5. The van der Waals surface area contributed by atoms with Gasteiger partial charge in [0.05, 0.1) is 10.7 Å². The molecule has 1 heterocycles. The van der Waals surface area contributed by atoms with E-state index in [1.54, 1.807) is 31.4 Å². The Hall–Kier alpha value is -2.26. The minimum Gasteiger partial charge on any atom is -0.493 e. The third kappa shape index (κ3) is 4.28. The summed E-state index contributed by atoms with van der Waals surface area (Å²) < 4.78 is 12.1. The number of hydrogen-bond acceptors (Lipinski definition) is 4.